The molecule has 0 fully saturated rings. The van der Waals surface area contributed by atoms with E-state index in [1.165, 1.54) is 0 Å². The molecule has 7 heterocycles. The molecule has 0 unspecified atom stereocenters. The highest BCUT2D eigenvalue weighted by atomic mass is 14.9. The smallest absolute Gasteiger partial charge is 0.169 e. The molecule has 0 saturated heterocycles. The Balaban J connectivity index is 1.62. The molecule has 0 spiro atoms. The summed E-state index contributed by atoms with van der Waals surface area (Å²) in [5.74, 6) is 0. The van der Waals surface area contributed by atoms with Crippen molar-refractivity contribution in [3.8, 4) is 22.3 Å². The molecule has 182 valence electrons. The topological polar surface area (TPSA) is 65.1 Å². The molecule has 0 radical (unpaired) electrons. The molecule has 6 heteroatoms. The Morgan fingerprint density at radius 3 is 1.76 bits per heavy atom. The maximum absolute atomic E-state index is 5.20. The van der Waals surface area contributed by atoms with Crippen molar-refractivity contribution in [3.63, 3.8) is 0 Å². The van der Waals surface area contributed by atoms with Gasteiger partial charge in [0.25, 0.3) is 0 Å². The van der Waals surface area contributed by atoms with Crippen LogP contribution in [-0.2, 0) is 14.1 Å². The lowest BCUT2D eigenvalue weighted by molar-refractivity contribution is -0.671. The second-order valence-corrected chi connectivity index (χ2v) is 9.71. The lowest BCUT2D eigenvalue weighted by Crippen LogP contribution is -2.25. The minimum Gasteiger partial charge on any atom is -0.355 e. The van der Waals surface area contributed by atoms with Gasteiger partial charge in [-0.3, -0.25) is 0 Å². The van der Waals surface area contributed by atoms with E-state index in [1.807, 2.05) is 23.2 Å². The zero-order valence-electron chi connectivity index (χ0n) is 21.2. The van der Waals surface area contributed by atoms with E-state index >= 15 is 0 Å². The first-order chi connectivity index (χ1) is 18.6. The first kappa shape index (κ1) is 22.1. The summed E-state index contributed by atoms with van der Waals surface area (Å²) >= 11 is 0. The standard InChI is InChI=1S/C32H25N6/c1-37-15-11-21(12-16-37)31-27-7-5-25(34-27)19-23-3-4-24(33-23)20-26-6-8-28(35-26)32(30-10-9-29(31)36-30)22-13-17-38(2)18-14-22/h3-20H,1-2H3,(H,33,34,35,36)/q+1/p+1. The molecule has 0 aromatic carbocycles. The number of pyridine rings is 2. The van der Waals surface area contributed by atoms with E-state index in [1.54, 1.807) is 0 Å². The predicted molar refractivity (Wildman–Crippen MR) is 152 cm³/mol. The summed E-state index contributed by atoms with van der Waals surface area (Å²) in [6.07, 6.45) is 16.6. The molecule has 0 saturated carbocycles. The molecule has 38 heavy (non-hydrogen) atoms. The van der Waals surface area contributed by atoms with Crippen LogP contribution in [0.25, 0.3) is 68.6 Å². The Labute approximate surface area is 220 Å². The highest BCUT2D eigenvalue weighted by molar-refractivity contribution is 5.94. The largest absolute Gasteiger partial charge is 0.355 e. The van der Waals surface area contributed by atoms with Crippen molar-refractivity contribution < 1.29 is 9.13 Å². The van der Waals surface area contributed by atoms with E-state index < -0.39 is 0 Å². The van der Waals surface area contributed by atoms with Crippen LogP contribution in [0.3, 0.4) is 0 Å². The molecule has 5 aromatic heterocycles. The SMILES string of the molecule is C[n+]1ccc(-c2c3nc(cc4ccc(cc5ccc([nH]5)c(-c5cc[n+](C)cc5)c5nc2C=C5)[nH]4)C=C3)cc1. The van der Waals surface area contributed by atoms with Gasteiger partial charge in [0.05, 0.1) is 22.8 Å². The fraction of sp³-hybridized carbons (Fsp3) is 0.0625. The summed E-state index contributed by atoms with van der Waals surface area (Å²) < 4.78 is 4.07. The third-order valence-corrected chi connectivity index (χ3v) is 6.93. The van der Waals surface area contributed by atoms with Crippen molar-refractivity contribution in [3.05, 3.63) is 108 Å². The van der Waals surface area contributed by atoms with Gasteiger partial charge in [0.1, 0.15) is 14.1 Å². The summed E-state index contributed by atoms with van der Waals surface area (Å²) in [5.41, 5.74) is 11.9. The first-order valence-electron chi connectivity index (χ1n) is 12.6. The predicted octanol–water partition coefficient (Wildman–Crippen LogP) is 5.64. The van der Waals surface area contributed by atoms with E-state index in [0.717, 1.165) is 67.1 Å². The van der Waals surface area contributed by atoms with Crippen molar-refractivity contribution in [2.45, 2.75) is 0 Å². The molecule has 0 amide bonds. The van der Waals surface area contributed by atoms with Crippen LogP contribution in [0.5, 0.6) is 0 Å². The molecule has 7 rings (SSSR count). The van der Waals surface area contributed by atoms with Crippen LogP contribution < -0.4 is 9.13 Å². The van der Waals surface area contributed by atoms with Gasteiger partial charge in [-0.15, -0.1) is 0 Å². The summed E-state index contributed by atoms with van der Waals surface area (Å²) in [5, 5.41) is 0. The monoisotopic (exact) mass is 494 g/mol. The number of nitrogens with zero attached hydrogens (tertiary/aromatic N) is 4. The average molecular weight is 495 g/mol. The lowest BCUT2D eigenvalue weighted by Gasteiger charge is -2.05. The van der Waals surface area contributed by atoms with Crippen molar-refractivity contribution in [2.24, 2.45) is 14.1 Å². The van der Waals surface area contributed by atoms with E-state index in [-0.39, 0.29) is 0 Å². The number of hydrogen-bond donors (Lipinski definition) is 2. The number of aromatic amines is 2. The summed E-state index contributed by atoms with van der Waals surface area (Å²) in [6, 6.07) is 21.1. The number of aromatic nitrogens is 6. The zero-order chi connectivity index (χ0) is 25.6. The Kier molecular flexibility index (Phi) is 5.11. The number of hydrogen-bond acceptors (Lipinski definition) is 2. The fourth-order valence-electron chi connectivity index (χ4n) is 5.01. The molecule has 0 atom stereocenters. The van der Waals surface area contributed by atoms with Crippen molar-refractivity contribution in [2.75, 3.05) is 0 Å². The molecule has 5 aromatic rings. The highest BCUT2D eigenvalue weighted by Crippen LogP contribution is 2.34. The molecule has 6 nitrogen and oxygen atoms in total. The Hall–Kier alpha value is -5.10. The number of fused-ring (bicyclic) bond motifs is 8. The summed E-state index contributed by atoms with van der Waals surface area (Å²) in [7, 11) is 4.05. The van der Waals surface area contributed by atoms with Gasteiger partial charge in [-0.2, -0.15) is 0 Å². The van der Waals surface area contributed by atoms with Crippen LogP contribution in [0, 0.1) is 0 Å². The van der Waals surface area contributed by atoms with E-state index in [4.69, 9.17) is 9.97 Å². The van der Waals surface area contributed by atoms with Gasteiger partial charge in [0.2, 0.25) is 0 Å². The number of nitrogens with one attached hydrogen (secondary N) is 2. The third kappa shape index (κ3) is 4.02. The van der Waals surface area contributed by atoms with Gasteiger partial charge < -0.3 is 9.97 Å². The molecule has 0 aliphatic carbocycles. The maximum atomic E-state index is 5.20. The van der Waals surface area contributed by atoms with Crippen LogP contribution in [0.1, 0.15) is 22.8 Å². The van der Waals surface area contributed by atoms with Gasteiger partial charge in [0, 0.05) is 57.5 Å². The highest BCUT2D eigenvalue weighted by Gasteiger charge is 2.17. The van der Waals surface area contributed by atoms with Crippen LogP contribution in [0.4, 0.5) is 0 Å². The molecule has 8 bridgehead atoms. The minimum atomic E-state index is 0.894. The van der Waals surface area contributed by atoms with Crippen LogP contribution in [0.2, 0.25) is 0 Å². The second-order valence-electron chi connectivity index (χ2n) is 9.71. The first-order valence-corrected chi connectivity index (χ1v) is 12.6. The van der Waals surface area contributed by atoms with Crippen molar-refractivity contribution in [1.29, 1.82) is 0 Å². The molecule has 2 aliphatic heterocycles. The second kappa shape index (κ2) is 8.78. The Morgan fingerprint density at radius 2 is 1.05 bits per heavy atom. The number of rotatable bonds is 2. The minimum absolute atomic E-state index is 0.894. The van der Waals surface area contributed by atoms with Gasteiger partial charge in [-0.25, -0.2) is 19.1 Å². The average Bonchev–Trinajstić information content (AvgIpc) is 3.72. The fourth-order valence-corrected chi connectivity index (χ4v) is 5.01. The summed E-state index contributed by atoms with van der Waals surface area (Å²) in [4.78, 5) is 17.3. The maximum Gasteiger partial charge on any atom is 0.169 e. The number of aryl methyl sites for hydroxylation is 2. The number of H-pyrrole nitrogens is 2. The van der Waals surface area contributed by atoms with Gasteiger partial charge in [0.15, 0.2) is 24.8 Å². The van der Waals surface area contributed by atoms with Crippen LogP contribution >= 0.6 is 0 Å². The normalized spacial score (nSPS) is 12.3. The molecule has 2 N–H and O–H groups in total. The third-order valence-electron chi connectivity index (χ3n) is 6.93. The van der Waals surface area contributed by atoms with Crippen LogP contribution in [0.15, 0.2) is 85.5 Å². The Bertz CT molecular complexity index is 1920. The molecular formula is C32H26N6+2. The van der Waals surface area contributed by atoms with E-state index in [9.17, 15) is 0 Å². The van der Waals surface area contributed by atoms with Crippen molar-refractivity contribution in [1.82, 2.24) is 19.9 Å². The van der Waals surface area contributed by atoms with Gasteiger partial charge in [-0.1, -0.05) is 0 Å². The quantitative estimate of drug-likeness (QED) is 0.306. The van der Waals surface area contributed by atoms with Crippen molar-refractivity contribution >= 4 is 46.4 Å². The summed E-state index contributed by atoms with van der Waals surface area (Å²) in [6.45, 7) is 0. The van der Waals surface area contributed by atoms with E-state index in [0.29, 0.717) is 0 Å². The van der Waals surface area contributed by atoms with Gasteiger partial charge in [-0.05, 0) is 71.8 Å². The van der Waals surface area contributed by atoms with Gasteiger partial charge >= 0.3 is 0 Å². The lowest BCUT2D eigenvalue weighted by atomic mass is 10.0. The zero-order valence-corrected chi connectivity index (χ0v) is 21.2. The van der Waals surface area contributed by atoms with E-state index in [2.05, 4.69) is 120 Å². The molecule has 2 aliphatic rings. The Morgan fingerprint density at radius 1 is 0.526 bits per heavy atom. The van der Waals surface area contributed by atoms with Crippen LogP contribution in [-0.4, -0.2) is 19.9 Å². The molecular weight excluding hydrogens is 468 g/mol.